The molecule has 0 saturated carbocycles. The van der Waals surface area contributed by atoms with E-state index in [0.717, 1.165) is 6.42 Å². The van der Waals surface area contributed by atoms with E-state index in [0.29, 0.717) is 6.61 Å². The van der Waals surface area contributed by atoms with Crippen molar-refractivity contribution in [3.8, 4) is 0 Å². The lowest BCUT2D eigenvalue weighted by atomic mass is 9.87. The largest absolute Gasteiger partial charge is 0.385 e. The van der Waals surface area contributed by atoms with Crippen molar-refractivity contribution in [3.63, 3.8) is 0 Å². The Hall–Kier alpha value is -0.120. The molecule has 72 valence electrons. The Balaban J connectivity index is 2.68. The molecule has 0 aromatic rings. The van der Waals surface area contributed by atoms with Crippen molar-refractivity contribution >= 4 is 0 Å². The minimum atomic E-state index is -0.890. The molecule has 0 aromatic heterocycles. The van der Waals surface area contributed by atoms with Gasteiger partial charge in [-0.15, -0.1) is 0 Å². The van der Waals surface area contributed by atoms with Crippen LogP contribution in [0.15, 0.2) is 0 Å². The van der Waals surface area contributed by atoms with Crippen LogP contribution < -0.4 is 0 Å². The Bertz CT molecular complexity index is 163. The van der Waals surface area contributed by atoms with Crippen LogP contribution in [-0.2, 0) is 9.47 Å². The van der Waals surface area contributed by atoms with Crippen molar-refractivity contribution in [2.75, 3.05) is 6.61 Å². The van der Waals surface area contributed by atoms with E-state index in [1.807, 2.05) is 20.8 Å². The molecule has 0 aliphatic carbocycles. The van der Waals surface area contributed by atoms with Gasteiger partial charge in [-0.2, -0.15) is 0 Å². The van der Waals surface area contributed by atoms with Gasteiger partial charge in [0.15, 0.2) is 6.29 Å². The van der Waals surface area contributed by atoms with Gasteiger partial charge in [-0.1, -0.05) is 6.92 Å². The second-order valence-corrected chi connectivity index (χ2v) is 4.05. The molecule has 1 N–H and O–H groups in total. The summed E-state index contributed by atoms with van der Waals surface area (Å²) in [5.74, 6) is 0. The van der Waals surface area contributed by atoms with Crippen LogP contribution in [0.3, 0.4) is 0 Å². The summed E-state index contributed by atoms with van der Waals surface area (Å²) in [5, 5.41) is 9.87. The third-order valence-electron chi connectivity index (χ3n) is 2.61. The Morgan fingerprint density at radius 3 is 2.42 bits per heavy atom. The van der Waals surface area contributed by atoms with Crippen LogP contribution in [0.2, 0.25) is 0 Å². The molecule has 0 bridgehead atoms. The lowest BCUT2D eigenvalue weighted by Crippen LogP contribution is -2.59. The predicted molar refractivity (Wildman–Crippen MR) is 45.8 cm³/mol. The highest BCUT2D eigenvalue weighted by molar-refractivity contribution is 4.94. The topological polar surface area (TPSA) is 38.7 Å². The molecule has 0 spiro atoms. The van der Waals surface area contributed by atoms with E-state index in [1.165, 1.54) is 0 Å². The second-order valence-electron chi connectivity index (χ2n) is 4.05. The average molecular weight is 174 g/mol. The molecule has 1 heterocycles. The maximum absolute atomic E-state index is 9.87. The van der Waals surface area contributed by atoms with E-state index in [2.05, 4.69) is 0 Å². The first-order chi connectivity index (χ1) is 5.39. The van der Waals surface area contributed by atoms with Gasteiger partial charge in [-0.05, 0) is 27.2 Å². The number of rotatable bonds is 1. The summed E-state index contributed by atoms with van der Waals surface area (Å²) in [4.78, 5) is 0. The van der Waals surface area contributed by atoms with E-state index in [1.54, 1.807) is 6.92 Å². The Kier molecular flexibility index (Phi) is 2.47. The van der Waals surface area contributed by atoms with Gasteiger partial charge in [0.1, 0.15) is 5.60 Å². The number of hydrogen-bond acceptors (Lipinski definition) is 3. The van der Waals surface area contributed by atoms with Crippen molar-refractivity contribution < 1.29 is 14.6 Å². The normalized spacial score (nSPS) is 41.2. The van der Waals surface area contributed by atoms with Gasteiger partial charge in [-0.25, -0.2) is 0 Å². The fourth-order valence-electron chi connectivity index (χ4n) is 1.12. The van der Waals surface area contributed by atoms with Crippen LogP contribution in [0, 0.1) is 0 Å². The van der Waals surface area contributed by atoms with Gasteiger partial charge < -0.3 is 14.6 Å². The minimum absolute atomic E-state index is 0.166. The highest BCUT2D eigenvalue weighted by atomic mass is 16.7. The standard InChI is InChI=1S/C9H18O3/c1-5-7-11-6-9(4,10)8(2,3)12-7/h7,10H,5-6H2,1-4H3/t7-,9-/m0/s1. The molecule has 3 heteroatoms. The zero-order valence-corrected chi connectivity index (χ0v) is 8.26. The van der Waals surface area contributed by atoms with Gasteiger partial charge in [0, 0.05) is 0 Å². The fourth-order valence-corrected chi connectivity index (χ4v) is 1.12. The van der Waals surface area contributed by atoms with Crippen molar-refractivity contribution in [1.82, 2.24) is 0 Å². The van der Waals surface area contributed by atoms with Gasteiger partial charge in [0.25, 0.3) is 0 Å². The highest BCUT2D eigenvalue weighted by Gasteiger charge is 2.46. The molecule has 3 nitrogen and oxygen atoms in total. The SMILES string of the molecule is CC[C@H]1OC[C@](C)(O)C(C)(C)O1. The van der Waals surface area contributed by atoms with Crippen LogP contribution in [0.1, 0.15) is 34.1 Å². The van der Waals surface area contributed by atoms with Crippen molar-refractivity contribution in [3.05, 3.63) is 0 Å². The van der Waals surface area contributed by atoms with E-state index in [4.69, 9.17) is 9.47 Å². The monoisotopic (exact) mass is 174 g/mol. The summed E-state index contributed by atoms with van der Waals surface area (Å²) in [7, 11) is 0. The summed E-state index contributed by atoms with van der Waals surface area (Å²) in [6.45, 7) is 7.86. The first kappa shape index (κ1) is 9.96. The molecular formula is C9H18O3. The van der Waals surface area contributed by atoms with E-state index >= 15 is 0 Å². The molecule has 0 amide bonds. The summed E-state index contributed by atoms with van der Waals surface area (Å²) < 4.78 is 10.9. The highest BCUT2D eigenvalue weighted by Crippen LogP contribution is 2.32. The third kappa shape index (κ3) is 1.63. The van der Waals surface area contributed by atoms with Crippen LogP contribution in [0.25, 0.3) is 0 Å². The maximum atomic E-state index is 9.87. The Labute approximate surface area is 73.7 Å². The van der Waals surface area contributed by atoms with E-state index in [9.17, 15) is 5.11 Å². The Morgan fingerprint density at radius 2 is 2.00 bits per heavy atom. The molecule has 1 rings (SSSR count). The molecule has 0 aromatic carbocycles. The molecule has 0 radical (unpaired) electrons. The van der Waals surface area contributed by atoms with Crippen LogP contribution in [0.4, 0.5) is 0 Å². The Morgan fingerprint density at radius 1 is 1.42 bits per heavy atom. The van der Waals surface area contributed by atoms with Gasteiger partial charge in [-0.3, -0.25) is 0 Å². The van der Waals surface area contributed by atoms with Crippen molar-refractivity contribution in [1.29, 1.82) is 0 Å². The molecule has 2 atom stereocenters. The van der Waals surface area contributed by atoms with Crippen molar-refractivity contribution in [2.24, 2.45) is 0 Å². The first-order valence-corrected chi connectivity index (χ1v) is 4.41. The molecule has 1 aliphatic heterocycles. The van der Waals surface area contributed by atoms with E-state index < -0.39 is 11.2 Å². The zero-order valence-electron chi connectivity index (χ0n) is 8.26. The second kappa shape index (κ2) is 2.98. The number of aliphatic hydroxyl groups is 1. The quantitative estimate of drug-likeness (QED) is 0.651. The minimum Gasteiger partial charge on any atom is -0.385 e. The molecule has 12 heavy (non-hydrogen) atoms. The zero-order chi connectivity index (χ0) is 9.41. The van der Waals surface area contributed by atoms with Gasteiger partial charge >= 0.3 is 0 Å². The van der Waals surface area contributed by atoms with Crippen LogP contribution in [-0.4, -0.2) is 29.2 Å². The van der Waals surface area contributed by atoms with Crippen molar-refractivity contribution in [2.45, 2.75) is 51.6 Å². The van der Waals surface area contributed by atoms with Gasteiger partial charge in [0.2, 0.25) is 0 Å². The van der Waals surface area contributed by atoms with Crippen LogP contribution in [0.5, 0.6) is 0 Å². The summed E-state index contributed by atoms with van der Waals surface area (Å²) >= 11 is 0. The predicted octanol–water partition coefficient (Wildman–Crippen LogP) is 1.30. The smallest absolute Gasteiger partial charge is 0.158 e. The summed E-state index contributed by atoms with van der Waals surface area (Å²) in [6, 6.07) is 0. The third-order valence-corrected chi connectivity index (χ3v) is 2.61. The fraction of sp³-hybridized carbons (Fsp3) is 1.00. The summed E-state index contributed by atoms with van der Waals surface area (Å²) in [6.07, 6.45) is 0.652. The first-order valence-electron chi connectivity index (χ1n) is 4.41. The lowest BCUT2D eigenvalue weighted by molar-refractivity contribution is -0.318. The molecule has 1 saturated heterocycles. The number of ether oxygens (including phenoxy) is 2. The summed E-state index contributed by atoms with van der Waals surface area (Å²) in [5.41, 5.74) is -1.41. The molecule has 0 unspecified atom stereocenters. The van der Waals surface area contributed by atoms with E-state index in [-0.39, 0.29) is 6.29 Å². The molecular weight excluding hydrogens is 156 g/mol. The molecule has 1 fully saturated rings. The van der Waals surface area contributed by atoms with Crippen LogP contribution >= 0.6 is 0 Å². The average Bonchev–Trinajstić information content (AvgIpc) is 1.95. The maximum Gasteiger partial charge on any atom is 0.158 e. The lowest BCUT2D eigenvalue weighted by Gasteiger charge is -2.46. The molecule has 1 aliphatic rings. The van der Waals surface area contributed by atoms with Gasteiger partial charge in [0.05, 0.1) is 12.2 Å². The number of hydrogen-bond donors (Lipinski definition) is 1.